The Morgan fingerprint density at radius 2 is 2.21 bits per heavy atom. The standard InChI is InChI=1S/C9H13NO4/c1-3-4-9(7(11)12)5-10(6-9)8(13)14-2/h3H,1,4-6H2,2H3,(H,11,12). The minimum atomic E-state index is -0.891. The fourth-order valence-corrected chi connectivity index (χ4v) is 1.57. The summed E-state index contributed by atoms with van der Waals surface area (Å²) in [6.45, 7) is 3.89. The first-order valence-electron chi connectivity index (χ1n) is 4.23. The Morgan fingerprint density at radius 3 is 2.57 bits per heavy atom. The summed E-state index contributed by atoms with van der Waals surface area (Å²) in [7, 11) is 1.27. The third-order valence-electron chi connectivity index (χ3n) is 2.41. The van der Waals surface area contributed by atoms with Gasteiger partial charge in [-0.05, 0) is 6.42 Å². The van der Waals surface area contributed by atoms with Crippen LogP contribution in [0.3, 0.4) is 0 Å². The lowest BCUT2D eigenvalue weighted by atomic mass is 9.77. The van der Waals surface area contributed by atoms with Gasteiger partial charge >= 0.3 is 12.1 Å². The van der Waals surface area contributed by atoms with Crippen molar-refractivity contribution in [3.05, 3.63) is 12.7 Å². The minimum Gasteiger partial charge on any atom is -0.481 e. The summed E-state index contributed by atoms with van der Waals surface area (Å²) >= 11 is 0. The predicted molar refractivity (Wildman–Crippen MR) is 48.9 cm³/mol. The number of allylic oxidation sites excluding steroid dienone is 1. The molecule has 0 radical (unpaired) electrons. The highest BCUT2D eigenvalue weighted by Gasteiger charge is 2.50. The molecule has 1 aliphatic heterocycles. The Kier molecular flexibility index (Phi) is 2.78. The molecule has 0 spiro atoms. The Balaban J connectivity index is 2.59. The second-order valence-electron chi connectivity index (χ2n) is 3.40. The largest absolute Gasteiger partial charge is 0.481 e. The molecule has 1 rings (SSSR count). The molecule has 0 atom stereocenters. The van der Waals surface area contributed by atoms with E-state index in [2.05, 4.69) is 11.3 Å². The van der Waals surface area contributed by atoms with Crippen molar-refractivity contribution in [1.29, 1.82) is 0 Å². The predicted octanol–water partition coefficient (Wildman–Crippen LogP) is 0.716. The maximum absolute atomic E-state index is 11.0. The number of likely N-dealkylation sites (tertiary alicyclic amines) is 1. The zero-order valence-corrected chi connectivity index (χ0v) is 8.02. The summed E-state index contributed by atoms with van der Waals surface area (Å²) < 4.78 is 4.47. The molecule has 1 N–H and O–H groups in total. The van der Waals surface area contributed by atoms with Crippen molar-refractivity contribution < 1.29 is 19.4 Å². The van der Waals surface area contributed by atoms with E-state index in [1.807, 2.05) is 0 Å². The molecule has 78 valence electrons. The smallest absolute Gasteiger partial charge is 0.409 e. The van der Waals surface area contributed by atoms with E-state index >= 15 is 0 Å². The number of carboxylic acid groups (broad SMARTS) is 1. The molecule has 0 saturated carbocycles. The summed E-state index contributed by atoms with van der Waals surface area (Å²) in [4.78, 5) is 23.3. The first-order chi connectivity index (χ1) is 6.55. The lowest BCUT2D eigenvalue weighted by Crippen LogP contribution is -2.61. The number of hydrogen-bond donors (Lipinski definition) is 1. The van der Waals surface area contributed by atoms with E-state index < -0.39 is 17.5 Å². The van der Waals surface area contributed by atoms with Gasteiger partial charge in [0.1, 0.15) is 5.41 Å². The Hall–Kier alpha value is -1.52. The minimum absolute atomic E-state index is 0.195. The van der Waals surface area contributed by atoms with Gasteiger partial charge in [-0.3, -0.25) is 4.79 Å². The zero-order valence-electron chi connectivity index (χ0n) is 8.02. The van der Waals surface area contributed by atoms with Crippen LogP contribution in [0.5, 0.6) is 0 Å². The fraction of sp³-hybridized carbons (Fsp3) is 0.556. The average Bonchev–Trinajstić information content (AvgIpc) is 2.08. The third kappa shape index (κ3) is 1.57. The van der Waals surface area contributed by atoms with Crippen molar-refractivity contribution in [1.82, 2.24) is 4.90 Å². The Morgan fingerprint density at radius 1 is 1.64 bits per heavy atom. The number of nitrogens with zero attached hydrogens (tertiary/aromatic N) is 1. The van der Waals surface area contributed by atoms with Gasteiger partial charge < -0.3 is 14.7 Å². The van der Waals surface area contributed by atoms with E-state index in [1.165, 1.54) is 12.0 Å². The molecule has 0 aromatic heterocycles. The fourth-order valence-electron chi connectivity index (χ4n) is 1.57. The third-order valence-corrected chi connectivity index (χ3v) is 2.41. The van der Waals surface area contributed by atoms with Gasteiger partial charge in [0, 0.05) is 13.1 Å². The molecule has 0 unspecified atom stereocenters. The number of carboxylic acids is 1. The van der Waals surface area contributed by atoms with Crippen LogP contribution >= 0.6 is 0 Å². The number of aliphatic carboxylic acids is 1. The number of rotatable bonds is 3. The highest BCUT2D eigenvalue weighted by atomic mass is 16.5. The second-order valence-corrected chi connectivity index (χ2v) is 3.40. The lowest BCUT2D eigenvalue weighted by molar-refractivity contribution is -0.158. The van der Waals surface area contributed by atoms with Crippen LogP contribution in [0.4, 0.5) is 4.79 Å². The molecular formula is C9H13NO4. The van der Waals surface area contributed by atoms with Crippen LogP contribution in [0, 0.1) is 5.41 Å². The van der Waals surface area contributed by atoms with Crippen molar-refractivity contribution in [3.8, 4) is 0 Å². The van der Waals surface area contributed by atoms with Gasteiger partial charge in [0.2, 0.25) is 0 Å². The van der Waals surface area contributed by atoms with Gasteiger partial charge in [-0.25, -0.2) is 4.79 Å². The van der Waals surface area contributed by atoms with E-state index in [4.69, 9.17) is 5.11 Å². The van der Waals surface area contributed by atoms with Gasteiger partial charge in [0.25, 0.3) is 0 Å². The molecule has 0 aromatic carbocycles. The summed E-state index contributed by atoms with van der Waals surface area (Å²) in [5.41, 5.74) is -0.851. The van der Waals surface area contributed by atoms with E-state index in [1.54, 1.807) is 6.08 Å². The molecule has 1 fully saturated rings. The quantitative estimate of drug-likeness (QED) is 0.680. The molecule has 1 saturated heterocycles. The molecule has 0 bridgehead atoms. The molecule has 5 heteroatoms. The van der Waals surface area contributed by atoms with E-state index in [0.29, 0.717) is 6.42 Å². The number of carbonyl (C=O) groups is 2. The Labute approximate surface area is 82.0 Å². The zero-order chi connectivity index (χ0) is 10.8. The van der Waals surface area contributed by atoms with Crippen molar-refractivity contribution in [3.63, 3.8) is 0 Å². The van der Waals surface area contributed by atoms with Crippen LogP contribution < -0.4 is 0 Å². The number of ether oxygens (including phenoxy) is 1. The van der Waals surface area contributed by atoms with Crippen molar-refractivity contribution >= 4 is 12.1 Å². The number of amides is 1. The van der Waals surface area contributed by atoms with E-state index in [9.17, 15) is 9.59 Å². The Bertz CT molecular complexity index is 268. The van der Waals surface area contributed by atoms with Crippen molar-refractivity contribution in [2.75, 3.05) is 20.2 Å². The number of hydrogen-bond acceptors (Lipinski definition) is 3. The molecule has 5 nitrogen and oxygen atoms in total. The van der Waals surface area contributed by atoms with E-state index in [0.717, 1.165) is 0 Å². The molecule has 1 amide bonds. The molecule has 1 heterocycles. The van der Waals surface area contributed by atoms with Gasteiger partial charge in [-0.15, -0.1) is 6.58 Å². The van der Waals surface area contributed by atoms with Crippen LogP contribution in [0.25, 0.3) is 0 Å². The van der Waals surface area contributed by atoms with Crippen LogP contribution in [-0.4, -0.2) is 42.3 Å². The first kappa shape index (κ1) is 10.6. The maximum Gasteiger partial charge on any atom is 0.409 e. The summed E-state index contributed by atoms with van der Waals surface area (Å²) in [5.74, 6) is -0.891. The van der Waals surface area contributed by atoms with Crippen LogP contribution in [0.1, 0.15) is 6.42 Å². The number of carbonyl (C=O) groups excluding carboxylic acids is 1. The molecule has 0 aromatic rings. The van der Waals surface area contributed by atoms with Crippen LogP contribution in [0.2, 0.25) is 0 Å². The summed E-state index contributed by atoms with van der Waals surface area (Å²) in [6, 6.07) is 0. The van der Waals surface area contributed by atoms with Gasteiger partial charge in [-0.2, -0.15) is 0 Å². The highest BCUT2D eigenvalue weighted by molar-refractivity contribution is 5.80. The van der Waals surface area contributed by atoms with Gasteiger partial charge in [0.15, 0.2) is 0 Å². The van der Waals surface area contributed by atoms with Gasteiger partial charge in [0.05, 0.1) is 7.11 Å². The average molecular weight is 199 g/mol. The van der Waals surface area contributed by atoms with Crippen molar-refractivity contribution in [2.45, 2.75) is 6.42 Å². The van der Waals surface area contributed by atoms with Crippen LogP contribution in [0.15, 0.2) is 12.7 Å². The van der Waals surface area contributed by atoms with Gasteiger partial charge in [-0.1, -0.05) is 6.08 Å². The highest BCUT2D eigenvalue weighted by Crippen LogP contribution is 2.34. The summed E-state index contributed by atoms with van der Waals surface area (Å²) in [5, 5.41) is 8.96. The molecular weight excluding hydrogens is 186 g/mol. The monoisotopic (exact) mass is 199 g/mol. The van der Waals surface area contributed by atoms with Crippen molar-refractivity contribution in [2.24, 2.45) is 5.41 Å². The molecule has 1 aliphatic rings. The first-order valence-corrected chi connectivity index (χ1v) is 4.23. The maximum atomic E-state index is 11.0. The SMILES string of the molecule is C=CCC1(C(=O)O)CN(C(=O)OC)C1. The van der Waals surface area contributed by atoms with Crippen LogP contribution in [-0.2, 0) is 9.53 Å². The molecule has 14 heavy (non-hydrogen) atoms. The second kappa shape index (κ2) is 3.69. The topological polar surface area (TPSA) is 66.8 Å². The number of methoxy groups -OCH3 is 1. The normalized spacial score (nSPS) is 18.2. The molecule has 0 aliphatic carbocycles. The lowest BCUT2D eigenvalue weighted by Gasteiger charge is -2.45. The summed E-state index contributed by atoms with van der Waals surface area (Å²) in [6.07, 6.45) is 1.45. The van der Waals surface area contributed by atoms with E-state index in [-0.39, 0.29) is 13.1 Å².